The Labute approximate surface area is 159 Å². The number of likely N-dealkylation sites (N-methyl/N-ethyl adjacent to an activating group) is 1. The lowest BCUT2D eigenvalue weighted by Crippen LogP contribution is -2.22. The van der Waals surface area contributed by atoms with Crippen LogP contribution in [0.25, 0.3) is 11.3 Å². The van der Waals surface area contributed by atoms with Crippen LogP contribution in [0.1, 0.15) is 37.9 Å². The third kappa shape index (κ3) is 4.77. The van der Waals surface area contributed by atoms with Gasteiger partial charge in [0, 0.05) is 24.5 Å². The highest BCUT2D eigenvalue weighted by atomic mass is 35.5. The van der Waals surface area contributed by atoms with Crippen LogP contribution in [0.4, 0.5) is 0 Å². The van der Waals surface area contributed by atoms with Crippen LogP contribution >= 0.6 is 12.4 Å². The zero-order valence-corrected chi connectivity index (χ0v) is 16.4. The average molecular weight is 359 g/mol. The van der Waals surface area contributed by atoms with Gasteiger partial charge in [0.15, 0.2) is 0 Å². The van der Waals surface area contributed by atoms with Crippen LogP contribution in [0, 0.1) is 0 Å². The molecule has 0 aliphatic heterocycles. The van der Waals surface area contributed by atoms with E-state index in [0.717, 1.165) is 26.2 Å². The van der Waals surface area contributed by atoms with E-state index in [1.54, 1.807) is 11.3 Å². The molecule has 0 saturated carbocycles. The summed E-state index contributed by atoms with van der Waals surface area (Å²) in [5, 5.41) is 0. The van der Waals surface area contributed by atoms with Crippen LogP contribution in [0.5, 0.6) is 0 Å². The minimum Gasteiger partial charge on any atom is -0.341 e. The van der Waals surface area contributed by atoms with Gasteiger partial charge in [0.1, 0.15) is 0 Å². The lowest BCUT2D eigenvalue weighted by Gasteiger charge is -2.17. The van der Waals surface area contributed by atoms with Gasteiger partial charge in [-0.15, -0.1) is 12.4 Å². The number of nitrogens with zero attached hydrogens (tertiary/aromatic N) is 2. The van der Waals surface area contributed by atoms with Crippen molar-refractivity contribution in [2.75, 3.05) is 19.6 Å². The number of aryl methyl sites for hydroxylation is 1. The first-order valence-electron chi connectivity index (χ1n) is 9.47. The zero-order valence-electron chi connectivity index (χ0n) is 15.6. The van der Waals surface area contributed by atoms with Crippen molar-refractivity contribution >= 4 is 12.4 Å². The molecule has 3 heteroatoms. The monoisotopic (exact) mass is 358 g/mol. The minimum atomic E-state index is 0. The zero-order chi connectivity index (χ0) is 16.8. The number of allylic oxidation sites excluding steroid dienone is 1. The molecule has 1 aromatic heterocycles. The lowest BCUT2D eigenvalue weighted by atomic mass is 9.98. The number of aromatic nitrogens is 1. The topological polar surface area (TPSA) is 8.17 Å². The van der Waals surface area contributed by atoms with Crippen molar-refractivity contribution in [3.63, 3.8) is 0 Å². The molecule has 0 radical (unpaired) electrons. The molecule has 0 atom stereocenters. The van der Waals surface area contributed by atoms with Gasteiger partial charge in [-0.25, -0.2) is 0 Å². The molecule has 1 aliphatic rings. The molecule has 0 spiro atoms. The Bertz CT molecular complexity index is 669. The Morgan fingerprint density at radius 2 is 1.72 bits per heavy atom. The Hall–Kier alpha value is -1.51. The van der Waals surface area contributed by atoms with E-state index < -0.39 is 0 Å². The summed E-state index contributed by atoms with van der Waals surface area (Å²) >= 11 is 0. The number of benzene rings is 1. The molecule has 3 rings (SSSR count). The normalized spacial score (nSPS) is 13.9. The molecule has 0 saturated heterocycles. The van der Waals surface area contributed by atoms with Crippen LogP contribution in [-0.4, -0.2) is 29.1 Å². The van der Waals surface area contributed by atoms with E-state index in [2.05, 4.69) is 71.9 Å². The highest BCUT2D eigenvalue weighted by Gasteiger charge is 2.18. The van der Waals surface area contributed by atoms with Gasteiger partial charge in [0.2, 0.25) is 0 Å². The van der Waals surface area contributed by atoms with Crippen LogP contribution in [0.2, 0.25) is 0 Å². The van der Waals surface area contributed by atoms with Crippen molar-refractivity contribution in [1.29, 1.82) is 0 Å². The fourth-order valence-electron chi connectivity index (χ4n) is 3.71. The summed E-state index contributed by atoms with van der Waals surface area (Å²) in [6.07, 6.45) is 9.81. The molecule has 0 N–H and O–H groups in total. The van der Waals surface area contributed by atoms with Crippen molar-refractivity contribution in [1.82, 2.24) is 9.47 Å². The second-order valence-electron chi connectivity index (χ2n) is 6.64. The molecular weight excluding hydrogens is 328 g/mol. The number of hydrogen-bond acceptors (Lipinski definition) is 1. The third-order valence-corrected chi connectivity index (χ3v) is 5.19. The van der Waals surface area contributed by atoms with Gasteiger partial charge in [0.25, 0.3) is 0 Å². The highest BCUT2D eigenvalue weighted by molar-refractivity contribution is 5.85. The first-order chi connectivity index (χ1) is 11.8. The molecule has 0 bridgehead atoms. The van der Waals surface area contributed by atoms with Crippen LogP contribution in [0.3, 0.4) is 0 Å². The van der Waals surface area contributed by atoms with E-state index in [-0.39, 0.29) is 12.4 Å². The van der Waals surface area contributed by atoms with Gasteiger partial charge in [-0.3, -0.25) is 0 Å². The summed E-state index contributed by atoms with van der Waals surface area (Å²) < 4.78 is 2.54. The molecule has 1 heterocycles. The average Bonchev–Trinajstić information content (AvgIpc) is 3.01. The standard InChI is InChI=1S/C22H30N2.ClH/c1-3-23(4-2)16-10-11-17-24-21-15-9-8-14-20(21)18-22(24)19-12-6-5-7-13-19;/h5-7,10-13,18H,3-4,8-9,14-17H2,1-2H3;1H. The fraction of sp³-hybridized carbons (Fsp3) is 0.455. The summed E-state index contributed by atoms with van der Waals surface area (Å²) in [5.74, 6) is 0. The summed E-state index contributed by atoms with van der Waals surface area (Å²) in [6.45, 7) is 8.74. The van der Waals surface area contributed by atoms with E-state index >= 15 is 0 Å². The van der Waals surface area contributed by atoms with Crippen molar-refractivity contribution in [2.24, 2.45) is 0 Å². The number of hydrogen-bond donors (Lipinski definition) is 0. The predicted molar refractivity (Wildman–Crippen MR) is 111 cm³/mol. The molecule has 0 amide bonds. The van der Waals surface area contributed by atoms with E-state index in [1.165, 1.54) is 36.9 Å². The second-order valence-corrected chi connectivity index (χ2v) is 6.64. The number of halogens is 1. The molecule has 1 aromatic carbocycles. The van der Waals surface area contributed by atoms with E-state index in [4.69, 9.17) is 0 Å². The van der Waals surface area contributed by atoms with Crippen LogP contribution < -0.4 is 0 Å². The molecule has 2 nitrogen and oxygen atoms in total. The third-order valence-electron chi connectivity index (χ3n) is 5.19. The first kappa shape index (κ1) is 19.8. The van der Waals surface area contributed by atoms with Crippen molar-refractivity contribution in [3.8, 4) is 11.3 Å². The quantitative estimate of drug-likeness (QED) is 0.605. The van der Waals surface area contributed by atoms with Gasteiger partial charge < -0.3 is 9.47 Å². The summed E-state index contributed by atoms with van der Waals surface area (Å²) in [6, 6.07) is 13.3. The number of fused-ring (bicyclic) bond motifs is 1. The summed E-state index contributed by atoms with van der Waals surface area (Å²) in [5.41, 5.74) is 5.85. The Balaban J connectivity index is 0.00000225. The SMILES string of the molecule is CCN(CC)CC=CCn1c(-c2ccccc2)cc2c1CCCC2.Cl. The van der Waals surface area contributed by atoms with E-state index in [1.807, 2.05) is 0 Å². The maximum absolute atomic E-state index is 2.54. The van der Waals surface area contributed by atoms with Crippen LogP contribution in [0.15, 0.2) is 48.6 Å². The predicted octanol–water partition coefficient (Wildman–Crippen LogP) is 5.35. The fourth-order valence-corrected chi connectivity index (χ4v) is 3.71. The Morgan fingerprint density at radius 3 is 2.44 bits per heavy atom. The van der Waals surface area contributed by atoms with E-state index in [9.17, 15) is 0 Å². The maximum atomic E-state index is 2.54. The van der Waals surface area contributed by atoms with Crippen LogP contribution in [-0.2, 0) is 19.4 Å². The first-order valence-corrected chi connectivity index (χ1v) is 9.47. The molecule has 0 unspecified atom stereocenters. The van der Waals surface area contributed by atoms with Gasteiger partial charge >= 0.3 is 0 Å². The van der Waals surface area contributed by atoms with Gasteiger partial charge in [0.05, 0.1) is 0 Å². The molecule has 0 fully saturated rings. The Morgan fingerprint density at radius 1 is 1.00 bits per heavy atom. The van der Waals surface area contributed by atoms with Gasteiger partial charge in [-0.05, 0) is 56.0 Å². The summed E-state index contributed by atoms with van der Waals surface area (Å²) in [4.78, 5) is 2.44. The number of rotatable bonds is 7. The molecule has 2 aromatic rings. The second kappa shape index (κ2) is 9.84. The lowest BCUT2D eigenvalue weighted by molar-refractivity contribution is 0.337. The van der Waals surface area contributed by atoms with Gasteiger partial charge in [-0.2, -0.15) is 0 Å². The highest BCUT2D eigenvalue weighted by Crippen LogP contribution is 2.31. The smallest absolute Gasteiger partial charge is 0.0488 e. The molecule has 136 valence electrons. The van der Waals surface area contributed by atoms with E-state index in [0.29, 0.717) is 0 Å². The maximum Gasteiger partial charge on any atom is 0.0488 e. The Kier molecular flexibility index (Phi) is 7.80. The molecule has 25 heavy (non-hydrogen) atoms. The molecule has 1 aliphatic carbocycles. The summed E-state index contributed by atoms with van der Waals surface area (Å²) in [7, 11) is 0. The van der Waals surface area contributed by atoms with Crippen molar-refractivity contribution in [3.05, 3.63) is 59.8 Å². The molecular formula is C22H31ClN2. The van der Waals surface area contributed by atoms with Crippen molar-refractivity contribution < 1.29 is 0 Å². The largest absolute Gasteiger partial charge is 0.341 e. The minimum absolute atomic E-state index is 0. The van der Waals surface area contributed by atoms with Crippen molar-refractivity contribution in [2.45, 2.75) is 46.1 Å². The van der Waals surface area contributed by atoms with Gasteiger partial charge in [-0.1, -0.05) is 56.3 Å².